The van der Waals surface area contributed by atoms with Gasteiger partial charge in [0.1, 0.15) is 0 Å². The van der Waals surface area contributed by atoms with Crippen LogP contribution in [0.25, 0.3) is 0 Å². The van der Waals surface area contributed by atoms with E-state index in [-0.39, 0.29) is 5.25 Å². The van der Waals surface area contributed by atoms with E-state index < -0.39 is 10.8 Å². The van der Waals surface area contributed by atoms with Crippen molar-refractivity contribution in [3.8, 4) is 0 Å². The van der Waals surface area contributed by atoms with Gasteiger partial charge in [-0.1, -0.05) is 42.5 Å². The van der Waals surface area contributed by atoms with Gasteiger partial charge in [-0.25, -0.2) is 0 Å². The lowest BCUT2D eigenvalue weighted by atomic mass is 10.0. The van der Waals surface area contributed by atoms with Crippen LogP contribution < -0.4 is 0 Å². The molecule has 0 spiro atoms. The molecule has 0 fully saturated rings. The first-order valence-corrected chi connectivity index (χ1v) is 7.42. The van der Waals surface area contributed by atoms with Gasteiger partial charge in [-0.15, -0.1) is 0 Å². The molecule has 0 aliphatic rings. The maximum Gasteiger partial charge on any atom is 0.0516 e. The van der Waals surface area contributed by atoms with Gasteiger partial charge in [0, 0.05) is 22.0 Å². The second-order valence-electron chi connectivity index (χ2n) is 3.84. The highest BCUT2D eigenvalue weighted by atomic mass is 32.2. The summed E-state index contributed by atoms with van der Waals surface area (Å²) in [6.45, 7) is 0. The first-order valence-electron chi connectivity index (χ1n) is 5.35. The van der Waals surface area contributed by atoms with Crippen LogP contribution in [0.5, 0.6) is 0 Å². The Bertz CT molecular complexity index is 506. The molecule has 0 N–H and O–H groups in total. The third-order valence-electron chi connectivity index (χ3n) is 2.64. The molecule has 2 aromatic rings. The van der Waals surface area contributed by atoms with Gasteiger partial charge in [0.25, 0.3) is 0 Å². The molecule has 2 atom stereocenters. The molecule has 2 unspecified atom stereocenters. The Morgan fingerprint density at radius 1 is 0.941 bits per heavy atom. The van der Waals surface area contributed by atoms with Gasteiger partial charge in [-0.05, 0) is 23.3 Å². The minimum absolute atomic E-state index is 0.0653. The second kappa shape index (κ2) is 5.52. The van der Waals surface area contributed by atoms with Gasteiger partial charge < -0.3 is 0 Å². The van der Waals surface area contributed by atoms with Crippen molar-refractivity contribution in [2.75, 3.05) is 6.26 Å². The molecule has 0 bridgehead atoms. The molecule has 0 saturated heterocycles. The monoisotopic (exact) mass is 262 g/mol. The quantitative estimate of drug-likeness (QED) is 0.839. The summed E-state index contributed by atoms with van der Waals surface area (Å²) in [4.78, 5) is 0.849. The molecular weight excluding hydrogens is 248 g/mol. The van der Waals surface area contributed by atoms with Crippen LogP contribution in [0.2, 0.25) is 0 Å². The number of thiol groups is 1. The summed E-state index contributed by atoms with van der Waals surface area (Å²) < 4.78 is 11.3. The second-order valence-corrected chi connectivity index (χ2v) is 5.73. The van der Waals surface area contributed by atoms with E-state index in [1.807, 2.05) is 42.5 Å². The van der Waals surface area contributed by atoms with Gasteiger partial charge in [-0.3, -0.25) is 4.21 Å². The largest absolute Gasteiger partial charge is 0.255 e. The molecule has 0 saturated carbocycles. The number of hydrogen-bond acceptors (Lipinski definition) is 2. The first-order chi connectivity index (χ1) is 8.18. The van der Waals surface area contributed by atoms with Crippen molar-refractivity contribution in [2.24, 2.45) is 0 Å². The fourth-order valence-corrected chi connectivity index (χ4v) is 2.53. The Kier molecular flexibility index (Phi) is 4.02. The Labute approximate surface area is 110 Å². The normalized spacial score (nSPS) is 14.2. The predicted octanol–water partition coefficient (Wildman–Crippen LogP) is 3.44. The summed E-state index contributed by atoms with van der Waals surface area (Å²) in [5, 5.41) is 0.0653. The average molecular weight is 262 g/mol. The smallest absolute Gasteiger partial charge is 0.0516 e. The summed E-state index contributed by atoms with van der Waals surface area (Å²) >= 11 is 4.62. The highest BCUT2D eigenvalue weighted by Crippen LogP contribution is 2.28. The topological polar surface area (TPSA) is 17.1 Å². The first kappa shape index (κ1) is 12.4. The fourth-order valence-electron chi connectivity index (χ4n) is 1.67. The molecule has 2 rings (SSSR count). The molecule has 0 amide bonds. The van der Waals surface area contributed by atoms with Gasteiger partial charge in [-0.2, -0.15) is 12.6 Å². The third-order valence-corrected chi connectivity index (χ3v) is 4.18. The van der Waals surface area contributed by atoms with E-state index in [2.05, 4.69) is 24.8 Å². The van der Waals surface area contributed by atoms with Crippen LogP contribution in [0.1, 0.15) is 16.4 Å². The van der Waals surface area contributed by atoms with Crippen LogP contribution in [0, 0.1) is 0 Å². The van der Waals surface area contributed by atoms with Crippen LogP contribution in [0.3, 0.4) is 0 Å². The fraction of sp³-hybridized carbons (Fsp3) is 0.143. The number of rotatable bonds is 3. The number of benzene rings is 2. The number of hydrogen-bond donors (Lipinski definition) is 1. The molecule has 3 heteroatoms. The summed E-state index contributed by atoms with van der Waals surface area (Å²) in [6, 6.07) is 17.9. The predicted molar refractivity (Wildman–Crippen MR) is 76.0 cm³/mol. The van der Waals surface area contributed by atoms with Gasteiger partial charge in [0.2, 0.25) is 0 Å². The zero-order valence-electron chi connectivity index (χ0n) is 9.54. The van der Waals surface area contributed by atoms with Gasteiger partial charge in [0.05, 0.1) is 5.25 Å². The lowest BCUT2D eigenvalue weighted by Gasteiger charge is -2.11. The zero-order valence-corrected chi connectivity index (χ0v) is 11.2. The molecule has 0 heterocycles. The molecular formula is C14H14OS2. The Morgan fingerprint density at radius 3 is 2.00 bits per heavy atom. The highest BCUT2D eigenvalue weighted by molar-refractivity contribution is 7.84. The lowest BCUT2D eigenvalue weighted by Crippen LogP contribution is -1.94. The van der Waals surface area contributed by atoms with Gasteiger partial charge in [0.15, 0.2) is 0 Å². The van der Waals surface area contributed by atoms with Crippen LogP contribution in [0.15, 0.2) is 59.5 Å². The van der Waals surface area contributed by atoms with E-state index in [9.17, 15) is 4.21 Å². The van der Waals surface area contributed by atoms with Crippen LogP contribution in [-0.2, 0) is 10.8 Å². The molecule has 17 heavy (non-hydrogen) atoms. The van der Waals surface area contributed by atoms with E-state index in [0.717, 1.165) is 10.5 Å². The van der Waals surface area contributed by atoms with Crippen LogP contribution >= 0.6 is 12.6 Å². The Balaban J connectivity index is 2.26. The van der Waals surface area contributed by atoms with E-state index >= 15 is 0 Å². The van der Waals surface area contributed by atoms with Crippen LogP contribution in [0.4, 0.5) is 0 Å². The maximum atomic E-state index is 11.3. The van der Waals surface area contributed by atoms with Gasteiger partial charge >= 0.3 is 0 Å². The standard InChI is InChI=1S/C14H14OS2/c1-17(15)13-9-7-12(8-10-13)14(16)11-5-3-2-4-6-11/h2-10,14,16H,1H3. The molecule has 88 valence electrons. The molecule has 1 nitrogen and oxygen atoms in total. The minimum Gasteiger partial charge on any atom is -0.255 e. The van der Waals surface area contributed by atoms with Crippen molar-refractivity contribution in [1.29, 1.82) is 0 Å². The van der Waals surface area contributed by atoms with Crippen LogP contribution in [-0.4, -0.2) is 10.5 Å². The van der Waals surface area contributed by atoms with Crippen molar-refractivity contribution < 1.29 is 4.21 Å². The molecule has 2 aromatic carbocycles. The van der Waals surface area contributed by atoms with Crippen molar-refractivity contribution >= 4 is 23.4 Å². The van der Waals surface area contributed by atoms with E-state index in [1.54, 1.807) is 6.26 Å². The van der Waals surface area contributed by atoms with E-state index in [1.165, 1.54) is 5.56 Å². The molecule has 0 aromatic heterocycles. The Morgan fingerprint density at radius 2 is 1.47 bits per heavy atom. The summed E-state index contributed by atoms with van der Waals surface area (Å²) in [6.07, 6.45) is 1.68. The van der Waals surface area contributed by atoms with Crippen molar-refractivity contribution in [1.82, 2.24) is 0 Å². The summed E-state index contributed by atoms with van der Waals surface area (Å²) in [5.41, 5.74) is 2.29. The molecule has 0 aliphatic carbocycles. The molecule has 0 aliphatic heterocycles. The van der Waals surface area contributed by atoms with Crippen molar-refractivity contribution in [2.45, 2.75) is 10.1 Å². The Hall–Kier alpha value is -1.06. The lowest BCUT2D eigenvalue weighted by molar-refractivity contribution is 0.687. The highest BCUT2D eigenvalue weighted by Gasteiger charge is 2.08. The minimum atomic E-state index is -0.920. The van der Waals surface area contributed by atoms with Crippen molar-refractivity contribution in [3.63, 3.8) is 0 Å². The zero-order chi connectivity index (χ0) is 12.3. The van der Waals surface area contributed by atoms with Crippen molar-refractivity contribution in [3.05, 3.63) is 65.7 Å². The summed E-state index contributed by atoms with van der Waals surface area (Å²) in [7, 11) is -0.920. The van der Waals surface area contributed by atoms with E-state index in [0.29, 0.717) is 0 Å². The average Bonchev–Trinajstić information content (AvgIpc) is 2.39. The van der Waals surface area contributed by atoms with E-state index in [4.69, 9.17) is 0 Å². The maximum absolute atomic E-state index is 11.3. The summed E-state index contributed by atoms with van der Waals surface area (Å²) in [5.74, 6) is 0. The SMILES string of the molecule is CS(=O)c1ccc(C(S)c2ccccc2)cc1. The molecule has 0 radical (unpaired) electrons. The third kappa shape index (κ3) is 2.99.